The van der Waals surface area contributed by atoms with Crippen LogP contribution in [0.5, 0.6) is 0 Å². The van der Waals surface area contributed by atoms with Gasteiger partial charge in [-0.3, -0.25) is 0 Å². The number of nitrogens with zero attached hydrogens (tertiary/aromatic N) is 3. The third kappa shape index (κ3) is 3.49. The molecule has 0 bridgehead atoms. The molecule has 1 aromatic carbocycles. The van der Waals surface area contributed by atoms with Crippen LogP contribution in [0.4, 0.5) is 0 Å². The average Bonchev–Trinajstić information content (AvgIpc) is 2.96. The first kappa shape index (κ1) is 14.2. The summed E-state index contributed by atoms with van der Waals surface area (Å²) < 4.78 is 5.09. The molecular weight excluding hydrogens is 264 g/mol. The van der Waals surface area contributed by atoms with Crippen molar-refractivity contribution in [3.8, 4) is 0 Å². The normalized spacial score (nSPS) is 23.9. The molecule has 0 aliphatic carbocycles. The van der Waals surface area contributed by atoms with Gasteiger partial charge in [-0.15, -0.1) is 0 Å². The predicted molar refractivity (Wildman–Crippen MR) is 80.9 cm³/mol. The molecule has 2 aromatic rings. The molecule has 21 heavy (non-hydrogen) atoms. The minimum absolute atomic E-state index is 0.00734. The minimum atomic E-state index is -0.00734. The summed E-state index contributed by atoms with van der Waals surface area (Å²) in [5, 5.41) is 7.37. The zero-order chi connectivity index (χ0) is 14.5. The maximum Gasteiger partial charge on any atom is 0.227 e. The second-order valence-electron chi connectivity index (χ2n) is 5.84. The van der Waals surface area contributed by atoms with Crippen molar-refractivity contribution in [2.75, 3.05) is 26.2 Å². The first-order valence-electron chi connectivity index (χ1n) is 7.55. The van der Waals surface area contributed by atoms with Crippen LogP contribution in [0, 0.1) is 0 Å². The fraction of sp³-hybridized carbons (Fsp3) is 0.500. The van der Waals surface area contributed by atoms with Crippen LogP contribution in [-0.2, 0) is 12.0 Å². The molecule has 3 rings (SSSR count). The summed E-state index contributed by atoms with van der Waals surface area (Å²) in [6.07, 6.45) is 3.44. The van der Waals surface area contributed by atoms with E-state index in [1.54, 1.807) is 0 Å². The van der Waals surface area contributed by atoms with Gasteiger partial charge in [-0.2, -0.15) is 4.98 Å². The lowest BCUT2D eigenvalue weighted by Crippen LogP contribution is -2.46. The maximum absolute atomic E-state index is 5.09. The molecule has 1 saturated heterocycles. The number of hydrogen-bond acceptors (Lipinski definition) is 5. The average molecular weight is 286 g/mol. The molecule has 1 unspecified atom stereocenters. The Balaban J connectivity index is 1.68. The van der Waals surface area contributed by atoms with Gasteiger partial charge in [0.1, 0.15) is 0 Å². The second kappa shape index (κ2) is 6.37. The van der Waals surface area contributed by atoms with Crippen LogP contribution in [0.3, 0.4) is 0 Å². The molecule has 1 aliphatic heterocycles. The maximum atomic E-state index is 5.09. The fourth-order valence-electron chi connectivity index (χ4n) is 3.00. The first-order valence-corrected chi connectivity index (χ1v) is 7.55. The van der Waals surface area contributed by atoms with Crippen molar-refractivity contribution >= 4 is 0 Å². The van der Waals surface area contributed by atoms with Gasteiger partial charge in [-0.05, 0) is 32.0 Å². The summed E-state index contributed by atoms with van der Waals surface area (Å²) in [5.41, 5.74) is 1.33. The molecule has 0 amide bonds. The van der Waals surface area contributed by atoms with E-state index in [1.165, 1.54) is 11.9 Å². The minimum Gasteiger partial charge on any atom is -0.340 e. The van der Waals surface area contributed by atoms with Crippen molar-refractivity contribution in [1.82, 2.24) is 20.4 Å². The van der Waals surface area contributed by atoms with E-state index in [0.29, 0.717) is 5.89 Å². The van der Waals surface area contributed by atoms with Crippen molar-refractivity contribution < 1.29 is 4.52 Å². The number of aromatic nitrogens is 2. The van der Waals surface area contributed by atoms with Crippen LogP contribution in [0.1, 0.15) is 24.8 Å². The molecule has 0 spiro atoms. The number of benzene rings is 1. The highest BCUT2D eigenvalue weighted by atomic mass is 16.5. The molecule has 5 nitrogen and oxygen atoms in total. The van der Waals surface area contributed by atoms with Gasteiger partial charge in [-0.1, -0.05) is 35.5 Å². The van der Waals surface area contributed by atoms with Crippen molar-refractivity contribution in [1.29, 1.82) is 0 Å². The molecule has 1 aromatic heterocycles. The smallest absolute Gasteiger partial charge is 0.227 e. The van der Waals surface area contributed by atoms with E-state index in [0.717, 1.165) is 39.0 Å². The number of nitrogens with one attached hydrogen (secondary N) is 1. The summed E-state index contributed by atoms with van der Waals surface area (Å²) in [7, 11) is 0. The second-order valence-corrected chi connectivity index (χ2v) is 5.84. The zero-order valence-corrected chi connectivity index (χ0v) is 12.5. The molecule has 112 valence electrons. The molecule has 2 heterocycles. The van der Waals surface area contributed by atoms with E-state index in [2.05, 4.69) is 57.6 Å². The number of rotatable bonds is 4. The van der Waals surface area contributed by atoms with Gasteiger partial charge in [0.2, 0.25) is 5.89 Å². The van der Waals surface area contributed by atoms with E-state index in [4.69, 9.17) is 4.52 Å². The molecule has 1 N–H and O–H groups in total. The molecule has 1 aliphatic rings. The van der Waals surface area contributed by atoms with E-state index in [-0.39, 0.29) is 5.54 Å². The van der Waals surface area contributed by atoms with E-state index in [9.17, 15) is 0 Å². The van der Waals surface area contributed by atoms with Gasteiger partial charge in [0.05, 0.1) is 5.54 Å². The summed E-state index contributed by atoms with van der Waals surface area (Å²) in [6.45, 7) is 6.37. The highest BCUT2D eigenvalue weighted by molar-refractivity contribution is 5.24. The Hall–Kier alpha value is -1.72. The number of hydrogen-bond donors (Lipinski definition) is 1. The molecule has 5 heteroatoms. The van der Waals surface area contributed by atoms with Crippen molar-refractivity contribution in [3.63, 3.8) is 0 Å². The summed E-state index contributed by atoms with van der Waals surface area (Å²) in [5.74, 6) is 0.716. The van der Waals surface area contributed by atoms with Crippen LogP contribution in [0.15, 0.2) is 41.2 Å². The summed E-state index contributed by atoms with van der Waals surface area (Å²) >= 11 is 0. The predicted octanol–water partition coefficient (Wildman–Crippen LogP) is 1.82. The Morgan fingerprint density at radius 3 is 2.95 bits per heavy atom. The van der Waals surface area contributed by atoms with Crippen molar-refractivity contribution in [2.45, 2.75) is 25.3 Å². The lowest BCUT2D eigenvalue weighted by atomic mass is 9.91. The van der Waals surface area contributed by atoms with Crippen LogP contribution in [0.2, 0.25) is 0 Å². The molecular formula is C16H22N4O. The topological polar surface area (TPSA) is 54.2 Å². The van der Waals surface area contributed by atoms with E-state index >= 15 is 0 Å². The lowest BCUT2D eigenvalue weighted by molar-refractivity contribution is 0.216. The molecule has 0 saturated carbocycles. The molecule has 0 radical (unpaired) electrons. The first-order chi connectivity index (χ1) is 10.3. The Labute approximate surface area is 125 Å². The van der Waals surface area contributed by atoms with Gasteiger partial charge in [0.25, 0.3) is 0 Å². The SMILES string of the molecule is CC1(c2ccccc2)CN(CCc2ncno2)CCCN1. The highest BCUT2D eigenvalue weighted by Gasteiger charge is 2.30. The quantitative estimate of drug-likeness (QED) is 0.929. The van der Waals surface area contributed by atoms with Crippen LogP contribution in [-0.4, -0.2) is 41.2 Å². The molecule has 1 fully saturated rings. The van der Waals surface area contributed by atoms with Gasteiger partial charge >= 0.3 is 0 Å². The van der Waals surface area contributed by atoms with Crippen molar-refractivity contribution in [2.24, 2.45) is 0 Å². The van der Waals surface area contributed by atoms with E-state index < -0.39 is 0 Å². The fourth-order valence-corrected chi connectivity index (χ4v) is 3.00. The van der Waals surface area contributed by atoms with Crippen LogP contribution < -0.4 is 5.32 Å². The largest absolute Gasteiger partial charge is 0.340 e. The standard InChI is InChI=1S/C16H22N4O/c1-16(14-6-3-2-4-7-14)12-20(10-5-9-18-16)11-8-15-17-13-19-21-15/h2-4,6-7,13,18H,5,8-12H2,1H3. The van der Waals surface area contributed by atoms with Gasteiger partial charge in [-0.25, -0.2) is 0 Å². The van der Waals surface area contributed by atoms with Gasteiger partial charge < -0.3 is 14.7 Å². The third-order valence-corrected chi connectivity index (χ3v) is 4.17. The van der Waals surface area contributed by atoms with Gasteiger partial charge in [0, 0.05) is 19.5 Å². The van der Waals surface area contributed by atoms with Crippen LogP contribution >= 0.6 is 0 Å². The highest BCUT2D eigenvalue weighted by Crippen LogP contribution is 2.24. The van der Waals surface area contributed by atoms with Crippen LogP contribution in [0.25, 0.3) is 0 Å². The zero-order valence-electron chi connectivity index (χ0n) is 12.5. The van der Waals surface area contributed by atoms with Crippen molar-refractivity contribution in [3.05, 3.63) is 48.1 Å². The third-order valence-electron chi connectivity index (χ3n) is 4.17. The Bertz CT molecular complexity index is 543. The Morgan fingerprint density at radius 1 is 1.33 bits per heavy atom. The summed E-state index contributed by atoms with van der Waals surface area (Å²) in [6, 6.07) is 10.7. The molecule has 1 atom stereocenters. The van der Waals surface area contributed by atoms with E-state index in [1.807, 2.05) is 0 Å². The Morgan fingerprint density at radius 2 is 2.19 bits per heavy atom. The Kier molecular flexibility index (Phi) is 4.31. The summed E-state index contributed by atoms with van der Waals surface area (Å²) in [4.78, 5) is 6.58. The van der Waals surface area contributed by atoms with Gasteiger partial charge in [0.15, 0.2) is 6.33 Å². The lowest BCUT2D eigenvalue weighted by Gasteiger charge is -2.34. The monoisotopic (exact) mass is 286 g/mol.